The van der Waals surface area contributed by atoms with Gasteiger partial charge in [0.2, 0.25) is 0 Å². The van der Waals surface area contributed by atoms with E-state index in [0.717, 1.165) is 11.3 Å². The molecule has 1 aromatic carbocycles. The van der Waals surface area contributed by atoms with Crippen LogP contribution >= 0.6 is 11.3 Å². The van der Waals surface area contributed by atoms with Gasteiger partial charge in [-0.15, -0.1) is 11.3 Å². The van der Waals surface area contributed by atoms with E-state index in [2.05, 4.69) is 0 Å². The maximum atomic E-state index is 13.3. The van der Waals surface area contributed by atoms with Crippen LogP contribution in [0.4, 0.5) is 10.1 Å². The molecule has 0 radical (unpaired) electrons. The maximum absolute atomic E-state index is 13.3. The van der Waals surface area contributed by atoms with E-state index in [4.69, 9.17) is 15.8 Å². The van der Waals surface area contributed by atoms with Gasteiger partial charge in [-0.2, -0.15) is 0 Å². The molecular weight excluding hydrogens is 204 g/mol. The first-order valence-corrected chi connectivity index (χ1v) is 4.74. The first kappa shape index (κ1) is 9.45. The number of nitrogens with two attached hydrogens (primary N) is 1. The lowest BCUT2D eigenvalue weighted by Crippen LogP contribution is -2.26. The number of halogens is 1. The van der Waals surface area contributed by atoms with Gasteiger partial charge in [0.1, 0.15) is 5.82 Å². The van der Waals surface area contributed by atoms with Gasteiger partial charge in [0.25, 0.3) is 0 Å². The van der Waals surface area contributed by atoms with Gasteiger partial charge in [0, 0.05) is 20.6 Å². The van der Waals surface area contributed by atoms with E-state index in [9.17, 15) is 4.39 Å². The smallest absolute Gasteiger partial charge is 0.423 e. The van der Waals surface area contributed by atoms with Crippen molar-refractivity contribution in [2.45, 2.75) is 0 Å². The lowest BCUT2D eigenvalue weighted by molar-refractivity contribution is 0.427. The Hall–Kier alpha value is -1.11. The molecule has 0 atom stereocenters. The number of anilines is 1. The van der Waals surface area contributed by atoms with Crippen molar-refractivity contribution in [3.63, 3.8) is 0 Å². The van der Waals surface area contributed by atoms with Crippen LogP contribution in [-0.2, 0) is 0 Å². The zero-order valence-corrected chi connectivity index (χ0v) is 7.88. The summed E-state index contributed by atoms with van der Waals surface area (Å²) in [5, 5.41) is 18.2. The standard InChI is InChI=1S/C8H7BFNO2S/c10-6-1-4(11)2-7-5(6)3-8(14-7)9(12)13/h1-3,12-13H,11H2. The number of benzene rings is 1. The fourth-order valence-electron chi connectivity index (χ4n) is 1.26. The van der Waals surface area contributed by atoms with Gasteiger partial charge in [-0.05, 0) is 18.2 Å². The van der Waals surface area contributed by atoms with Crippen LogP contribution in [0.3, 0.4) is 0 Å². The van der Waals surface area contributed by atoms with Crippen LogP contribution in [0, 0.1) is 5.82 Å². The van der Waals surface area contributed by atoms with Gasteiger partial charge >= 0.3 is 7.12 Å². The van der Waals surface area contributed by atoms with Crippen LogP contribution in [0.25, 0.3) is 10.1 Å². The number of hydrogen-bond donors (Lipinski definition) is 3. The zero-order chi connectivity index (χ0) is 10.3. The van der Waals surface area contributed by atoms with E-state index >= 15 is 0 Å². The first-order chi connectivity index (χ1) is 6.58. The molecule has 2 rings (SSSR count). The Balaban J connectivity index is 2.70. The summed E-state index contributed by atoms with van der Waals surface area (Å²) in [6.07, 6.45) is 0. The molecule has 4 N–H and O–H groups in total. The van der Waals surface area contributed by atoms with Gasteiger partial charge in [0.15, 0.2) is 0 Å². The molecule has 1 aromatic heterocycles. The van der Waals surface area contributed by atoms with E-state index in [0.29, 0.717) is 20.6 Å². The largest absolute Gasteiger partial charge is 0.499 e. The highest BCUT2D eigenvalue weighted by atomic mass is 32.1. The molecule has 0 aliphatic carbocycles. The Bertz CT molecular complexity index is 485. The minimum Gasteiger partial charge on any atom is -0.423 e. The minimum atomic E-state index is -1.56. The van der Waals surface area contributed by atoms with Crippen molar-refractivity contribution in [1.29, 1.82) is 0 Å². The number of thiophene rings is 1. The number of rotatable bonds is 1. The Morgan fingerprint density at radius 2 is 2.00 bits per heavy atom. The SMILES string of the molecule is Nc1cc(F)c2cc(B(O)O)sc2c1. The molecule has 72 valence electrons. The summed E-state index contributed by atoms with van der Waals surface area (Å²) in [6, 6.07) is 4.23. The minimum absolute atomic E-state index is 0.310. The summed E-state index contributed by atoms with van der Waals surface area (Å²) < 4.78 is 14.2. The molecule has 0 fully saturated rings. The monoisotopic (exact) mass is 211 g/mol. The second-order valence-electron chi connectivity index (χ2n) is 2.94. The molecule has 0 amide bonds. The molecule has 0 unspecified atom stereocenters. The van der Waals surface area contributed by atoms with Gasteiger partial charge in [0.05, 0.1) is 0 Å². The molecule has 0 spiro atoms. The van der Waals surface area contributed by atoms with E-state index in [1.807, 2.05) is 0 Å². The van der Waals surface area contributed by atoms with E-state index in [1.165, 1.54) is 12.1 Å². The summed E-state index contributed by atoms with van der Waals surface area (Å²) in [7, 11) is -1.56. The third kappa shape index (κ3) is 1.47. The predicted molar refractivity (Wildman–Crippen MR) is 56.0 cm³/mol. The Kier molecular flexibility index (Phi) is 2.18. The molecule has 0 bridgehead atoms. The van der Waals surface area contributed by atoms with Gasteiger partial charge in [-0.1, -0.05) is 0 Å². The zero-order valence-electron chi connectivity index (χ0n) is 7.07. The Morgan fingerprint density at radius 3 is 2.64 bits per heavy atom. The van der Waals surface area contributed by atoms with Crippen molar-refractivity contribution in [1.82, 2.24) is 0 Å². The van der Waals surface area contributed by atoms with Crippen molar-refractivity contribution in [3.8, 4) is 0 Å². The first-order valence-electron chi connectivity index (χ1n) is 3.92. The Morgan fingerprint density at radius 1 is 1.29 bits per heavy atom. The van der Waals surface area contributed by atoms with E-state index in [-0.39, 0.29) is 0 Å². The highest BCUT2D eigenvalue weighted by molar-refractivity contribution is 7.27. The Labute approximate surface area is 83.7 Å². The maximum Gasteiger partial charge on any atom is 0.499 e. The quantitative estimate of drug-likeness (QED) is 0.469. The normalized spacial score (nSPS) is 10.8. The van der Waals surface area contributed by atoms with Crippen molar-refractivity contribution in [3.05, 3.63) is 24.0 Å². The average Bonchev–Trinajstić information content (AvgIpc) is 2.47. The molecule has 14 heavy (non-hydrogen) atoms. The molecule has 0 saturated heterocycles. The van der Waals surface area contributed by atoms with Crippen molar-refractivity contribution in [2.75, 3.05) is 5.73 Å². The molecule has 0 aliphatic heterocycles. The number of fused-ring (bicyclic) bond motifs is 1. The number of nitrogen functional groups attached to an aromatic ring is 1. The topological polar surface area (TPSA) is 66.5 Å². The van der Waals surface area contributed by atoms with E-state index in [1.54, 1.807) is 6.07 Å². The van der Waals surface area contributed by atoms with Crippen LogP contribution in [-0.4, -0.2) is 17.2 Å². The van der Waals surface area contributed by atoms with Crippen molar-refractivity contribution >= 4 is 39.0 Å². The summed E-state index contributed by atoms with van der Waals surface area (Å²) in [6.45, 7) is 0. The van der Waals surface area contributed by atoms with Crippen molar-refractivity contribution in [2.24, 2.45) is 0 Å². The second-order valence-corrected chi connectivity index (χ2v) is 4.05. The fourth-order valence-corrected chi connectivity index (χ4v) is 2.26. The molecule has 2 aromatic rings. The summed E-state index contributed by atoms with van der Waals surface area (Å²) in [5.41, 5.74) is 5.78. The summed E-state index contributed by atoms with van der Waals surface area (Å²) in [4.78, 5) is 0. The average molecular weight is 211 g/mol. The predicted octanol–water partition coefficient (Wildman–Crippen LogP) is 0.302. The van der Waals surface area contributed by atoms with Gasteiger partial charge < -0.3 is 15.8 Å². The summed E-state index contributed by atoms with van der Waals surface area (Å²) >= 11 is 1.11. The molecule has 6 heteroatoms. The lowest BCUT2D eigenvalue weighted by Gasteiger charge is -1.94. The highest BCUT2D eigenvalue weighted by Crippen LogP contribution is 2.24. The molecule has 3 nitrogen and oxygen atoms in total. The van der Waals surface area contributed by atoms with Crippen LogP contribution in [0.1, 0.15) is 0 Å². The molecule has 0 aliphatic rings. The lowest BCUT2D eigenvalue weighted by atomic mass is 9.89. The molecular formula is C8H7BFNO2S. The third-order valence-corrected chi connectivity index (χ3v) is 3.00. The van der Waals surface area contributed by atoms with Gasteiger partial charge in [-0.25, -0.2) is 4.39 Å². The van der Waals surface area contributed by atoms with Crippen LogP contribution in [0.15, 0.2) is 18.2 Å². The highest BCUT2D eigenvalue weighted by Gasteiger charge is 2.16. The second kappa shape index (κ2) is 3.23. The molecule has 1 heterocycles. The third-order valence-electron chi connectivity index (χ3n) is 1.88. The fraction of sp³-hybridized carbons (Fsp3) is 0. The van der Waals surface area contributed by atoms with Crippen LogP contribution in [0.2, 0.25) is 0 Å². The molecule has 0 saturated carbocycles. The number of hydrogen-bond acceptors (Lipinski definition) is 4. The van der Waals surface area contributed by atoms with Crippen LogP contribution < -0.4 is 10.5 Å². The van der Waals surface area contributed by atoms with Gasteiger partial charge in [-0.3, -0.25) is 0 Å². The summed E-state index contributed by atoms with van der Waals surface area (Å²) in [5.74, 6) is -0.442. The van der Waals surface area contributed by atoms with Crippen LogP contribution in [0.5, 0.6) is 0 Å². The van der Waals surface area contributed by atoms with E-state index < -0.39 is 12.9 Å². The van der Waals surface area contributed by atoms with Crippen molar-refractivity contribution < 1.29 is 14.4 Å².